The summed E-state index contributed by atoms with van der Waals surface area (Å²) in [5.74, 6) is -1.46. The lowest BCUT2D eigenvalue weighted by atomic mass is 10.0. The molecule has 0 amide bonds. The van der Waals surface area contributed by atoms with Gasteiger partial charge in [-0.05, 0) is 41.8 Å². The molecule has 0 saturated heterocycles. The van der Waals surface area contributed by atoms with Crippen molar-refractivity contribution in [2.24, 2.45) is 0 Å². The summed E-state index contributed by atoms with van der Waals surface area (Å²) in [5.41, 5.74) is 4.24. The molecule has 5 rings (SSSR count). The van der Waals surface area contributed by atoms with Crippen LogP contribution in [0.5, 0.6) is 0 Å². The zero-order valence-corrected chi connectivity index (χ0v) is 22.7. The Bertz CT molecular complexity index is 1740. The number of carboxylic acid groups (broad SMARTS) is 1. The molecule has 3 N–H and O–H groups in total. The maximum atomic E-state index is 13.8. The number of aliphatic carboxylic acids is 1. The van der Waals surface area contributed by atoms with E-state index in [1.165, 1.54) is 29.2 Å². The fourth-order valence-corrected chi connectivity index (χ4v) is 4.94. The number of hydrogen-bond acceptors (Lipinski definition) is 7. The summed E-state index contributed by atoms with van der Waals surface area (Å²) in [6, 6.07) is 20.9. The van der Waals surface area contributed by atoms with Crippen LogP contribution in [0, 0.1) is 17.1 Å². The van der Waals surface area contributed by atoms with E-state index < -0.39 is 17.8 Å². The van der Waals surface area contributed by atoms with Crippen molar-refractivity contribution in [3.05, 3.63) is 112 Å². The van der Waals surface area contributed by atoms with Crippen LogP contribution in [0.3, 0.4) is 0 Å². The van der Waals surface area contributed by atoms with E-state index in [4.69, 9.17) is 16.7 Å². The van der Waals surface area contributed by atoms with E-state index in [-0.39, 0.29) is 12.6 Å². The Morgan fingerprint density at radius 3 is 2.56 bits per heavy atom. The number of pyridine rings is 1. The molecule has 0 fully saturated rings. The molecule has 0 aliphatic carbocycles. The highest BCUT2D eigenvalue weighted by molar-refractivity contribution is 6.35. The van der Waals surface area contributed by atoms with E-state index >= 15 is 0 Å². The molecule has 2 atom stereocenters. The normalized spacial score (nSPS) is 12.4. The largest absolute Gasteiger partial charge is 0.480 e. The molecule has 0 bridgehead atoms. The maximum absolute atomic E-state index is 13.8. The van der Waals surface area contributed by atoms with E-state index in [9.17, 15) is 14.4 Å². The fourth-order valence-electron chi connectivity index (χ4n) is 4.68. The van der Waals surface area contributed by atoms with Crippen LogP contribution in [0.25, 0.3) is 10.9 Å². The number of rotatable bonds is 10. The third-order valence-electron chi connectivity index (χ3n) is 6.64. The molecule has 206 valence electrons. The Morgan fingerprint density at radius 2 is 1.88 bits per heavy atom. The van der Waals surface area contributed by atoms with E-state index in [2.05, 4.69) is 38.9 Å². The van der Waals surface area contributed by atoms with Crippen molar-refractivity contribution in [1.29, 1.82) is 5.26 Å². The van der Waals surface area contributed by atoms with Gasteiger partial charge in [0.15, 0.2) is 0 Å². The summed E-state index contributed by atoms with van der Waals surface area (Å²) < 4.78 is 15.0. The molecule has 0 aliphatic heterocycles. The molecular formula is C30H25ClFN7O2. The molecular weight excluding hydrogens is 545 g/mol. The van der Waals surface area contributed by atoms with Crippen LogP contribution < -0.4 is 10.6 Å². The number of halogens is 2. The van der Waals surface area contributed by atoms with Gasteiger partial charge in [-0.15, -0.1) is 5.10 Å². The van der Waals surface area contributed by atoms with Crippen molar-refractivity contribution < 1.29 is 14.3 Å². The summed E-state index contributed by atoms with van der Waals surface area (Å²) in [4.78, 5) is 15.6. The Morgan fingerprint density at radius 1 is 1.12 bits per heavy atom. The number of aromatic nitrogens is 4. The van der Waals surface area contributed by atoms with Gasteiger partial charge in [0.05, 0.1) is 40.1 Å². The second kappa shape index (κ2) is 12.0. The number of carbonyl (C=O) groups is 1. The van der Waals surface area contributed by atoms with Gasteiger partial charge in [-0.25, -0.2) is 9.07 Å². The first-order valence-corrected chi connectivity index (χ1v) is 13.2. The molecule has 3 aromatic carbocycles. The lowest BCUT2D eigenvalue weighted by molar-refractivity contribution is -0.137. The molecule has 2 heterocycles. The monoisotopic (exact) mass is 569 g/mol. The molecule has 2 aromatic heterocycles. The Labute approximate surface area is 240 Å². The molecule has 0 spiro atoms. The predicted molar refractivity (Wildman–Crippen MR) is 154 cm³/mol. The quantitative estimate of drug-likeness (QED) is 0.178. The van der Waals surface area contributed by atoms with Crippen LogP contribution in [-0.2, 0) is 11.3 Å². The highest BCUT2D eigenvalue weighted by Crippen LogP contribution is 2.37. The van der Waals surface area contributed by atoms with Gasteiger partial charge < -0.3 is 15.7 Å². The Balaban J connectivity index is 1.59. The minimum atomic E-state index is -1.06. The van der Waals surface area contributed by atoms with E-state index in [1.807, 2.05) is 36.4 Å². The van der Waals surface area contributed by atoms with Crippen LogP contribution in [0.4, 0.5) is 15.8 Å². The maximum Gasteiger partial charge on any atom is 0.325 e. The van der Waals surface area contributed by atoms with Gasteiger partial charge in [0, 0.05) is 17.3 Å². The number of fused-ring (bicyclic) bond motifs is 1. The summed E-state index contributed by atoms with van der Waals surface area (Å²) >= 11 is 6.71. The zero-order valence-electron chi connectivity index (χ0n) is 21.9. The number of benzene rings is 3. The molecule has 11 heteroatoms. The fraction of sp³-hybridized carbons (Fsp3) is 0.167. The molecule has 9 nitrogen and oxygen atoms in total. The SMILES string of the molecule is CC[C@@H](Nc1c(C#N)cnc2c(Cl)cc(N[C@@H](c3ccc(F)cc3)c3cn(CC(=O)O)nn3)cc12)c1ccccc1. The van der Waals surface area contributed by atoms with E-state index in [1.54, 1.807) is 18.2 Å². The lowest BCUT2D eigenvalue weighted by Gasteiger charge is -2.22. The second-order valence-corrected chi connectivity index (χ2v) is 9.80. The van der Waals surface area contributed by atoms with Crippen molar-refractivity contribution >= 4 is 39.8 Å². The molecule has 0 aliphatic rings. The first kappa shape index (κ1) is 27.6. The molecule has 41 heavy (non-hydrogen) atoms. The van der Waals surface area contributed by atoms with Crippen LogP contribution in [-0.4, -0.2) is 31.1 Å². The van der Waals surface area contributed by atoms with Crippen molar-refractivity contribution in [2.45, 2.75) is 32.0 Å². The molecule has 0 unspecified atom stereocenters. The van der Waals surface area contributed by atoms with Gasteiger partial charge in [-0.1, -0.05) is 66.2 Å². The third kappa shape index (κ3) is 6.10. The highest BCUT2D eigenvalue weighted by Gasteiger charge is 2.21. The van der Waals surface area contributed by atoms with Gasteiger partial charge >= 0.3 is 5.97 Å². The molecule has 0 radical (unpaired) electrons. The number of hydrogen-bond donors (Lipinski definition) is 3. The average Bonchev–Trinajstić information content (AvgIpc) is 3.43. The summed E-state index contributed by atoms with van der Waals surface area (Å²) in [5, 5.41) is 35.1. The number of nitriles is 1. The van der Waals surface area contributed by atoms with Crippen molar-refractivity contribution in [1.82, 2.24) is 20.0 Å². The summed E-state index contributed by atoms with van der Waals surface area (Å²) in [7, 11) is 0. The van der Waals surface area contributed by atoms with Crippen LogP contribution in [0.1, 0.15) is 47.8 Å². The second-order valence-electron chi connectivity index (χ2n) is 9.39. The van der Waals surface area contributed by atoms with Crippen LogP contribution in [0.15, 0.2) is 79.1 Å². The van der Waals surface area contributed by atoms with Crippen molar-refractivity contribution in [2.75, 3.05) is 10.6 Å². The smallest absolute Gasteiger partial charge is 0.325 e. The topological polar surface area (TPSA) is 129 Å². The lowest BCUT2D eigenvalue weighted by Crippen LogP contribution is -2.14. The van der Waals surface area contributed by atoms with Crippen molar-refractivity contribution in [3.8, 4) is 6.07 Å². The molecule has 0 saturated carbocycles. The Kier molecular flexibility index (Phi) is 8.08. The minimum Gasteiger partial charge on any atom is -0.480 e. The van der Waals surface area contributed by atoms with Crippen LogP contribution in [0.2, 0.25) is 5.02 Å². The third-order valence-corrected chi connectivity index (χ3v) is 6.93. The number of carboxylic acids is 1. The predicted octanol–water partition coefficient (Wildman–Crippen LogP) is 6.34. The zero-order chi connectivity index (χ0) is 28.9. The Hall–Kier alpha value is -5.01. The number of anilines is 2. The highest BCUT2D eigenvalue weighted by atomic mass is 35.5. The van der Waals surface area contributed by atoms with Gasteiger partial charge in [0.2, 0.25) is 0 Å². The minimum absolute atomic E-state index is 0.0690. The standard InChI is InChI=1S/C30H25ClFN7O2/c1-2-25(18-6-4-3-5-7-18)36-28-20(14-33)15-34-30-23(28)12-22(13-24(30)31)35-29(19-8-10-21(32)11-9-19)26-16-39(38-37-26)17-27(40)41/h3-13,15-16,25,29,35H,2,17H2,1H3,(H,34,36)(H,40,41)/t25-,29+/m1/s1. The number of nitrogens with zero attached hydrogens (tertiary/aromatic N) is 5. The first-order valence-electron chi connectivity index (χ1n) is 12.8. The first-order chi connectivity index (χ1) is 19.9. The van der Waals surface area contributed by atoms with Gasteiger partial charge in [-0.3, -0.25) is 9.78 Å². The summed E-state index contributed by atoms with van der Waals surface area (Å²) in [6.07, 6.45) is 3.79. The van der Waals surface area contributed by atoms with Crippen molar-refractivity contribution in [3.63, 3.8) is 0 Å². The number of nitrogens with one attached hydrogen (secondary N) is 2. The average molecular weight is 570 g/mol. The summed E-state index contributed by atoms with van der Waals surface area (Å²) in [6.45, 7) is 1.70. The van der Waals surface area contributed by atoms with Gasteiger partial charge in [0.1, 0.15) is 24.1 Å². The van der Waals surface area contributed by atoms with Gasteiger partial charge in [-0.2, -0.15) is 5.26 Å². The van der Waals surface area contributed by atoms with E-state index in [0.29, 0.717) is 44.1 Å². The molecule has 5 aromatic rings. The van der Waals surface area contributed by atoms with Crippen LogP contribution >= 0.6 is 11.6 Å². The van der Waals surface area contributed by atoms with E-state index in [0.717, 1.165) is 12.0 Å². The van der Waals surface area contributed by atoms with Gasteiger partial charge in [0.25, 0.3) is 0 Å².